The van der Waals surface area contributed by atoms with E-state index in [4.69, 9.17) is 9.47 Å². The van der Waals surface area contributed by atoms with Crippen LogP contribution < -0.4 is 14.2 Å². The third-order valence-electron chi connectivity index (χ3n) is 5.26. The molecule has 0 radical (unpaired) electrons. The molecule has 0 fully saturated rings. The summed E-state index contributed by atoms with van der Waals surface area (Å²) in [6, 6.07) is 11.5. The topological polar surface area (TPSA) is 64.6 Å². The van der Waals surface area contributed by atoms with Crippen LogP contribution >= 0.6 is 0 Å². The first-order chi connectivity index (χ1) is 13.7. The number of hydrogen-bond acceptors (Lipinski definition) is 4. The summed E-state index contributed by atoms with van der Waals surface area (Å²) in [4.78, 5) is 0.204. The monoisotopic (exact) mass is 417 g/mol. The van der Waals surface area contributed by atoms with Gasteiger partial charge in [-0.05, 0) is 66.0 Å². The van der Waals surface area contributed by atoms with Crippen LogP contribution in [0.3, 0.4) is 0 Å². The standard InChI is InChI=1S/C23H31NO4S/c1-23(2,3)19-11-7-8-12-20(19)28-14-13-24-29(25,26)22-16-18-10-6-5-9-17(18)15-21(22)27-4/h7-8,11-12,15-16,24H,5-6,9-10,13-14H2,1-4H3. The van der Waals surface area contributed by atoms with E-state index in [1.807, 2.05) is 30.3 Å². The van der Waals surface area contributed by atoms with E-state index >= 15 is 0 Å². The molecule has 0 bridgehead atoms. The van der Waals surface area contributed by atoms with Gasteiger partial charge in [0, 0.05) is 6.54 Å². The Morgan fingerprint density at radius 2 is 1.66 bits per heavy atom. The average molecular weight is 418 g/mol. The molecule has 1 aliphatic carbocycles. The van der Waals surface area contributed by atoms with E-state index in [0.717, 1.165) is 42.6 Å². The fourth-order valence-corrected chi connectivity index (χ4v) is 4.95. The normalized spacial score (nSPS) is 14.3. The van der Waals surface area contributed by atoms with Crippen molar-refractivity contribution in [3.63, 3.8) is 0 Å². The maximum atomic E-state index is 12.9. The van der Waals surface area contributed by atoms with Crippen LogP contribution in [0.5, 0.6) is 11.5 Å². The van der Waals surface area contributed by atoms with E-state index in [1.165, 1.54) is 12.7 Å². The van der Waals surface area contributed by atoms with Gasteiger partial charge in [-0.3, -0.25) is 0 Å². The molecule has 1 N–H and O–H groups in total. The van der Waals surface area contributed by atoms with Crippen molar-refractivity contribution in [3.05, 3.63) is 53.1 Å². The van der Waals surface area contributed by atoms with Gasteiger partial charge in [0.2, 0.25) is 10.0 Å². The van der Waals surface area contributed by atoms with Crippen molar-refractivity contribution < 1.29 is 17.9 Å². The number of rotatable bonds is 7. The summed E-state index contributed by atoms with van der Waals surface area (Å²) in [5.74, 6) is 1.18. The molecule has 1 aliphatic rings. The van der Waals surface area contributed by atoms with Gasteiger partial charge in [-0.25, -0.2) is 13.1 Å². The predicted octanol–water partition coefficient (Wildman–Crippen LogP) is 4.23. The van der Waals surface area contributed by atoms with E-state index in [-0.39, 0.29) is 23.5 Å². The van der Waals surface area contributed by atoms with Gasteiger partial charge in [0.25, 0.3) is 0 Å². The molecule has 0 atom stereocenters. The Labute approximate surface area is 174 Å². The van der Waals surface area contributed by atoms with Crippen LogP contribution in [0.2, 0.25) is 0 Å². The first-order valence-corrected chi connectivity index (χ1v) is 11.6. The highest BCUT2D eigenvalue weighted by Gasteiger charge is 2.23. The molecular formula is C23H31NO4S. The second-order valence-electron chi connectivity index (χ2n) is 8.47. The van der Waals surface area contributed by atoms with Crippen molar-refractivity contribution in [1.82, 2.24) is 4.72 Å². The Bertz CT molecular complexity index is 961. The minimum atomic E-state index is -3.68. The molecule has 6 heteroatoms. The van der Waals surface area contributed by atoms with E-state index < -0.39 is 10.0 Å². The Morgan fingerprint density at radius 3 is 2.31 bits per heavy atom. The summed E-state index contributed by atoms with van der Waals surface area (Å²) in [5.41, 5.74) is 3.34. The zero-order chi connectivity index (χ0) is 21.1. The third-order valence-corrected chi connectivity index (χ3v) is 6.75. The van der Waals surface area contributed by atoms with Crippen LogP contribution in [0.15, 0.2) is 41.3 Å². The first-order valence-electron chi connectivity index (χ1n) is 10.1. The summed E-state index contributed by atoms with van der Waals surface area (Å²) in [5, 5.41) is 0. The molecule has 0 saturated heterocycles. The van der Waals surface area contributed by atoms with Crippen molar-refractivity contribution in [3.8, 4) is 11.5 Å². The molecule has 5 nitrogen and oxygen atoms in total. The number of fused-ring (bicyclic) bond motifs is 1. The van der Waals surface area contributed by atoms with Gasteiger partial charge in [0.1, 0.15) is 23.0 Å². The van der Waals surface area contributed by atoms with Crippen LogP contribution in [0, 0.1) is 0 Å². The molecule has 3 rings (SSSR count). The van der Waals surface area contributed by atoms with Crippen LogP contribution in [0.1, 0.15) is 50.3 Å². The number of hydrogen-bond donors (Lipinski definition) is 1. The Balaban J connectivity index is 1.69. The lowest BCUT2D eigenvalue weighted by atomic mass is 9.86. The Hall–Kier alpha value is -2.05. The summed E-state index contributed by atoms with van der Waals surface area (Å²) in [6.07, 6.45) is 4.11. The Kier molecular flexibility index (Phi) is 6.54. The van der Waals surface area contributed by atoms with Gasteiger partial charge >= 0.3 is 0 Å². The van der Waals surface area contributed by atoms with Crippen LogP contribution in [0.25, 0.3) is 0 Å². The zero-order valence-corrected chi connectivity index (χ0v) is 18.6. The lowest BCUT2D eigenvalue weighted by Gasteiger charge is -2.23. The second-order valence-corrected chi connectivity index (χ2v) is 10.2. The highest BCUT2D eigenvalue weighted by atomic mass is 32.2. The van der Waals surface area contributed by atoms with Crippen molar-refractivity contribution in [1.29, 1.82) is 0 Å². The fourth-order valence-electron chi connectivity index (χ4n) is 3.74. The first kappa shape index (κ1) is 21.7. The highest BCUT2D eigenvalue weighted by Crippen LogP contribution is 2.32. The molecule has 2 aromatic rings. The zero-order valence-electron chi connectivity index (χ0n) is 17.7. The van der Waals surface area contributed by atoms with E-state index in [9.17, 15) is 8.42 Å². The third kappa shape index (κ3) is 5.11. The molecule has 0 heterocycles. The van der Waals surface area contributed by atoms with E-state index in [2.05, 4.69) is 25.5 Å². The van der Waals surface area contributed by atoms with E-state index in [1.54, 1.807) is 6.07 Å². The second kappa shape index (κ2) is 8.76. The number of sulfonamides is 1. The maximum Gasteiger partial charge on any atom is 0.244 e. The smallest absolute Gasteiger partial charge is 0.244 e. The molecule has 0 spiro atoms. The molecule has 0 aliphatic heterocycles. The van der Waals surface area contributed by atoms with Gasteiger partial charge < -0.3 is 9.47 Å². The maximum absolute atomic E-state index is 12.9. The number of para-hydroxylation sites is 1. The van der Waals surface area contributed by atoms with Crippen molar-refractivity contribution in [2.24, 2.45) is 0 Å². The fraction of sp³-hybridized carbons (Fsp3) is 0.478. The SMILES string of the molecule is COc1cc2c(cc1S(=O)(=O)NCCOc1ccccc1C(C)(C)C)CCCC2. The Morgan fingerprint density at radius 1 is 1.00 bits per heavy atom. The van der Waals surface area contributed by atoms with E-state index in [0.29, 0.717) is 5.75 Å². The number of benzene rings is 2. The molecule has 2 aromatic carbocycles. The van der Waals surface area contributed by atoms with Crippen molar-refractivity contribution in [2.75, 3.05) is 20.3 Å². The van der Waals surface area contributed by atoms with Crippen molar-refractivity contribution >= 4 is 10.0 Å². The molecule has 0 saturated carbocycles. The summed E-state index contributed by atoms with van der Waals surface area (Å²) in [6.45, 7) is 6.81. The quantitative estimate of drug-likeness (QED) is 0.685. The molecule has 29 heavy (non-hydrogen) atoms. The number of aryl methyl sites for hydroxylation is 2. The van der Waals surface area contributed by atoms with Crippen LogP contribution in [-0.2, 0) is 28.3 Å². The molecule has 158 valence electrons. The minimum Gasteiger partial charge on any atom is -0.495 e. The van der Waals surface area contributed by atoms with Gasteiger partial charge in [-0.2, -0.15) is 0 Å². The van der Waals surface area contributed by atoms with Crippen molar-refractivity contribution in [2.45, 2.75) is 56.8 Å². The molecular weight excluding hydrogens is 386 g/mol. The summed E-state index contributed by atoms with van der Waals surface area (Å²) in [7, 11) is -2.17. The van der Waals surface area contributed by atoms with Crippen LogP contribution in [-0.4, -0.2) is 28.7 Å². The predicted molar refractivity (Wildman–Crippen MR) is 115 cm³/mol. The summed E-state index contributed by atoms with van der Waals surface area (Å²) < 4.78 is 39.7. The lowest BCUT2D eigenvalue weighted by molar-refractivity contribution is 0.313. The molecule has 0 unspecified atom stereocenters. The summed E-state index contributed by atoms with van der Waals surface area (Å²) >= 11 is 0. The minimum absolute atomic E-state index is 0.0490. The number of ether oxygens (including phenoxy) is 2. The van der Waals surface area contributed by atoms with Gasteiger partial charge in [0.15, 0.2) is 0 Å². The largest absolute Gasteiger partial charge is 0.495 e. The van der Waals surface area contributed by atoms with Gasteiger partial charge in [-0.15, -0.1) is 0 Å². The van der Waals surface area contributed by atoms with Gasteiger partial charge in [0.05, 0.1) is 7.11 Å². The molecule has 0 aromatic heterocycles. The highest BCUT2D eigenvalue weighted by molar-refractivity contribution is 7.89. The number of methoxy groups -OCH3 is 1. The number of nitrogens with one attached hydrogen (secondary N) is 1. The van der Waals surface area contributed by atoms with Crippen LogP contribution in [0.4, 0.5) is 0 Å². The molecule has 0 amide bonds. The average Bonchev–Trinajstić information content (AvgIpc) is 2.69. The lowest BCUT2D eigenvalue weighted by Crippen LogP contribution is -2.29. The van der Waals surface area contributed by atoms with Gasteiger partial charge in [-0.1, -0.05) is 39.0 Å².